The number of phosphoric ester groups is 1. The smallest absolute Gasteiger partial charge is 0.463 e. The minimum absolute atomic E-state index is 0.0175. The van der Waals surface area contributed by atoms with Gasteiger partial charge in [-0.2, -0.15) is 0 Å². The molecule has 10 N–H and O–H groups in total. The monoisotopic (exact) mass is 1720 g/mol. The fourth-order valence-corrected chi connectivity index (χ4v) is 17.2. The lowest BCUT2D eigenvalue weighted by Crippen LogP contribution is -2.70. The zero-order valence-corrected chi connectivity index (χ0v) is 75.9. The number of phosphoric acid groups is 1. The van der Waals surface area contributed by atoms with E-state index in [0.717, 1.165) is 141 Å². The first-order chi connectivity index (χ1) is 57.5. The second kappa shape index (κ2) is 70.3. The summed E-state index contributed by atoms with van der Waals surface area (Å²) >= 11 is 0. The average molecular weight is 1720 g/mol. The van der Waals surface area contributed by atoms with Gasteiger partial charge < -0.3 is 88.7 Å². The SMILES string of the molecule is CCCCCC/C=C\CCCCCCCCCC(=O)OC(COC(=O)CCCCCCCCC(C)CCCCCCCC)COP(=O)(O)OC1C(OC2OC(CO)C(O)C(O)C2O)C(O)C(O)C(OC(=O)CCCCCCCCC(C)CCCCCCCC)C1OC1OC(COC(=O)CCCCCCCCCCCCCCC)C(O)C(O)C1O. The number of carbonyl (C=O) groups is 4. The van der Waals surface area contributed by atoms with Crippen LogP contribution in [0.15, 0.2) is 12.2 Å². The molecule has 0 aromatic rings. The molecule has 26 heteroatoms. The summed E-state index contributed by atoms with van der Waals surface area (Å²) in [5, 5.41) is 102. The van der Waals surface area contributed by atoms with Crippen LogP contribution >= 0.6 is 7.82 Å². The van der Waals surface area contributed by atoms with E-state index < -0.39 is 162 Å². The van der Waals surface area contributed by atoms with Gasteiger partial charge in [-0.1, -0.05) is 349 Å². The number of unbranched alkanes of at least 4 members (excludes halogenated alkanes) is 43. The largest absolute Gasteiger partial charge is 0.472 e. The van der Waals surface area contributed by atoms with Crippen molar-refractivity contribution in [2.45, 2.75) is 518 Å². The number of carbonyl (C=O) groups excluding carboxylic acids is 4. The molecule has 20 atom stereocenters. The van der Waals surface area contributed by atoms with Crippen LogP contribution in [0.2, 0.25) is 0 Å². The maximum absolute atomic E-state index is 14.9. The van der Waals surface area contributed by atoms with Gasteiger partial charge >= 0.3 is 31.7 Å². The van der Waals surface area contributed by atoms with Crippen molar-refractivity contribution in [3.63, 3.8) is 0 Å². The highest BCUT2D eigenvalue weighted by Gasteiger charge is 2.60. The molecule has 3 aliphatic rings. The highest BCUT2D eigenvalue weighted by molar-refractivity contribution is 7.47. The lowest BCUT2D eigenvalue weighted by Gasteiger charge is -2.50. The van der Waals surface area contributed by atoms with Crippen LogP contribution in [0.1, 0.15) is 414 Å². The first-order valence-corrected chi connectivity index (χ1v) is 49.7. The second-order valence-corrected chi connectivity index (χ2v) is 36.5. The molecule has 119 heavy (non-hydrogen) atoms. The summed E-state index contributed by atoms with van der Waals surface area (Å²) in [4.78, 5) is 66.6. The number of aliphatic hydroxyl groups excluding tert-OH is 9. The number of hydrogen-bond acceptors (Lipinski definition) is 24. The summed E-state index contributed by atoms with van der Waals surface area (Å²) in [6, 6.07) is 0. The highest BCUT2D eigenvalue weighted by atomic mass is 31.2. The number of ether oxygens (including phenoxy) is 8. The van der Waals surface area contributed by atoms with Gasteiger partial charge in [-0.05, 0) is 63.2 Å². The number of aliphatic hydroxyl groups is 9. The molecule has 1 aliphatic carbocycles. The molecule has 2 aliphatic heterocycles. The molecule has 0 aromatic heterocycles. The lowest BCUT2D eigenvalue weighted by atomic mass is 9.84. The molecule has 3 fully saturated rings. The Hall–Kier alpha value is -2.79. The normalized spacial score (nSPS) is 25.4. The van der Waals surface area contributed by atoms with E-state index in [1.54, 1.807) is 0 Å². The molecule has 0 amide bonds. The van der Waals surface area contributed by atoms with Crippen molar-refractivity contribution in [1.82, 2.24) is 0 Å². The predicted molar refractivity (Wildman–Crippen MR) is 462 cm³/mol. The van der Waals surface area contributed by atoms with Crippen LogP contribution < -0.4 is 0 Å². The van der Waals surface area contributed by atoms with Crippen LogP contribution in [0.4, 0.5) is 0 Å². The summed E-state index contributed by atoms with van der Waals surface area (Å²) < 4.78 is 73.6. The van der Waals surface area contributed by atoms with Crippen molar-refractivity contribution in [2.75, 3.05) is 26.4 Å². The zero-order valence-electron chi connectivity index (χ0n) is 75.0. The molecule has 0 radical (unpaired) electrons. The molecule has 0 spiro atoms. The first kappa shape index (κ1) is 110. The summed E-state index contributed by atoms with van der Waals surface area (Å²) in [5.74, 6) is -1.65. The van der Waals surface area contributed by atoms with E-state index in [1.165, 1.54) is 167 Å². The summed E-state index contributed by atoms with van der Waals surface area (Å²) in [6.45, 7) is 10.2. The van der Waals surface area contributed by atoms with Crippen LogP contribution in [0.3, 0.4) is 0 Å². The molecular weight excluding hydrogens is 1550 g/mol. The predicted octanol–water partition coefficient (Wildman–Crippen LogP) is 18.0. The Labute approximate surface area is 718 Å². The van der Waals surface area contributed by atoms with E-state index in [0.29, 0.717) is 50.4 Å². The molecule has 1 saturated carbocycles. The number of esters is 4. The van der Waals surface area contributed by atoms with Crippen LogP contribution in [0.5, 0.6) is 0 Å². The Morgan fingerprint density at radius 3 is 1.09 bits per heavy atom. The van der Waals surface area contributed by atoms with Gasteiger partial charge in [0.2, 0.25) is 0 Å². The molecule has 0 bridgehead atoms. The molecule has 2 saturated heterocycles. The van der Waals surface area contributed by atoms with Crippen molar-refractivity contribution < 1.29 is 122 Å². The number of hydrogen-bond donors (Lipinski definition) is 10. The quantitative estimate of drug-likeness (QED) is 0.00889. The Bertz CT molecular complexity index is 2550. The Kier molecular flexibility index (Phi) is 65.2. The van der Waals surface area contributed by atoms with E-state index in [2.05, 4.69) is 53.7 Å². The third-order valence-corrected chi connectivity index (χ3v) is 25.0. The third-order valence-electron chi connectivity index (χ3n) is 24.1. The van der Waals surface area contributed by atoms with Crippen LogP contribution in [0, 0.1) is 11.8 Å². The summed E-state index contributed by atoms with van der Waals surface area (Å²) in [6.07, 6.45) is 26.3. The van der Waals surface area contributed by atoms with E-state index in [1.807, 2.05) is 0 Å². The molecular formula is C93H173O25P. The van der Waals surface area contributed by atoms with Gasteiger partial charge in [0.1, 0.15) is 92.6 Å². The number of rotatable bonds is 77. The van der Waals surface area contributed by atoms with Crippen molar-refractivity contribution in [1.29, 1.82) is 0 Å². The fraction of sp³-hybridized carbons (Fsp3) is 0.935. The Morgan fingerprint density at radius 1 is 0.353 bits per heavy atom. The molecule has 20 unspecified atom stereocenters. The van der Waals surface area contributed by atoms with E-state index >= 15 is 0 Å². The lowest BCUT2D eigenvalue weighted by molar-refractivity contribution is -0.360. The van der Waals surface area contributed by atoms with Crippen molar-refractivity contribution in [2.24, 2.45) is 11.8 Å². The standard InChI is InChI=1S/C93H173O25P/c1-7-11-15-19-23-25-27-29-30-32-34-36-38-49-57-65-78(97)112-73(68-109-76(95)63-55-48-41-39-45-53-61-71(5)59-51-43-21-17-13-9-3)69-111-119(107,108)118-91-89(116-92-86(105)82(101)80(99)74(67-94)113-92)85(104)84(103)88(115-79(98)66-58-50-42-40-46-54-62-72(6)60-52-44-22-18-14-10-4)90(91)117-93-87(106)83(102)81(100)75(114-93)70-110-77(96)64-56-47-37-35-33-31-28-26-24-20-16-12-8-2/h25,27,71-75,80-94,99-106H,7-24,26,28-70H2,1-6H3,(H,107,108)/b27-25-. The van der Waals surface area contributed by atoms with Gasteiger partial charge in [-0.25, -0.2) is 4.57 Å². The first-order valence-electron chi connectivity index (χ1n) is 48.2. The van der Waals surface area contributed by atoms with Crippen molar-refractivity contribution in [3.05, 3.63) is 12.2 Å². The van der Waals surface area contributed by atoms with Gasteiger partial charge in [0.15, 0.2) is 24.8 Å². The zero-order chi connectivity index (χ0) is 87.1. The van der Waals surface area contributed by atoms with Crippen LogP contribution in [-0.4, -0.2) is 205 Å². The maximum Gasteiger partial charge on any atom is 0.472 e. The van der Waals surface area contributed by atoms with E-state index in [9.17, 15) is 74.6 Å². The topological polar surface area (TPSA) is 380 Å². The van der Waals surface area contributed by atoms with Crippen LogP contribution in [-0.2, 0) is 70.7 Å². The highest BCUT2D eigenvalue weighted by Crippen LogP contribution is 2.49. The van der Waals surface area contributed by atoms with E-state index in [4.69, 9.17) is 46.9 Å². The maximum atomic E-state index is 14.9. The Balaban J connectivity index is 1.93. The van der Waals surface area contributed by atoms with Gasteiger partial charge in [0, 0.05) is 25.7 Å². The number of allylic oxidation sites excluding steroid dienone is 2. The summed E-state index contributed by atoms with van der Waals surface area (Å²) in [7, 11) is -5.81. The molecule has 3 rings (SSSR count). The van der Waals surface area contributed by atoms with Gasteiger partial charge in [-0.3, -0.25) is 28.2 Å². The van der Waals surface area contributed by atoms with Crippen molar-refractivity contribution in [3.8, 4) is 0 Å². The Morgan fingerprint density at radius 2 is 0.681 bits per heavy atom. The second-order valence-electron chi connectivity index (χ2n) is 35.1. The summed E-state index contributed by atoms with van der Waals surface area (Å²) in [5.41, 5.74) is 0. The van der Waals surface area contributed by atoms with Crippen LogP contribution in [0.25, 0.3) is 0 Å². The van der Waals surface area contributed by atoms with Gasteiger partial charge in [-0.15, -0.1) is 0 Å². The average Bonchev–Trinajstić information content (AvgIpc) is 0.775. The molecule has 700 valence electrons. The molecule has 2 heterocycles. The van der Waals surface area contributed by atoms with Crippen molar-refractivity contribution >= 4 is 31.7 Å². The van der Waals surface area contributed by atoms with Gasteiger partial charge in [0.25, 0.3) is 0 Å². The third kappa shape index (κ3) is 51.0. The minimum atomic E-state index is -5.81. The minimum Gasteiger partial charge on any atom is -0.463 e. The van der Waals surface area contributed by atoms with E-state index in [-0.39, 0.29) is 25.7 Å². The molecule has 25 nitrogen and oxygen atoms in total. The van der Waals surface area contributed by atoms with Gasteiger partial charge in [0.05, 0.1) is 13.2 Å². The fourth-order valence-electron chi connectivity index (χ4n) is 16.2. The molecule has 0 aromatic carbocycles.